The highest BCUT2D eigenvalue weighted by Crippen LogP contribution is 2.35. The first-order valence-electron chi connectivity index (χ1n) is 10.3. The molecule has 11 heteroatoms. The number of hydrogen-bond acceptors (Lipinski definition) is 6. The number of carbonyl (C=O) groups is 1. The lowest BCUT2D eigenvalue weighted by molar-refractivity contribution is -0.118. The Balaban J connectivity index is 2.41. The second-order valence-electron chi connectivity index (χ2n) is 8.83. The Morgan fingerprint density at radius 3 is 2.09 bits per heavy atom. The molecule has 0 radical (unpaired) electrons. The predicted molar refractivity (Wildman–Crippen MR) is 122 cm³/mol. The molecule has 2 aromatic rings. The minimum absolute atomic E-state index is 0.0225. The maximum atomic E-state index is 14.4. The van der Waals surface area contributed by atoms with E-state index in [0.717, 1.165) is 6.07 Å². The molecule has 6 nitrogen and oxygen atoms in total. The van der Waals surface area contributed by atoms with Crippen molar-refractivity contribution in [3.63, 3.8) is 0 Å². The zero-order valence-electron chi connectivity index (χ0n) is 19.3. The van der Waals surface area contributed by atoms with Crippen LogP contribution in [-0.4, -0.2) is 21.8 Å². The number of rotatable bonds is 9. The summed E-state index contributed by atoms with van der Waals surface area (Å²) in [6, 6.07) is 3.88. The largest absolute Gasteiger partial charge is 0.435 e. The van der Waals surface area contributed by atoms with Gasteiger partial charge in [0.2, 0.25) is 5.91 Å². The summed E-state index contributed by atoms with van der Waals surface area (Å²) in [4.78, 5) is 13.0. The third-order valence-electron chi connectivity index (χ3n) is 4.88. The van der Waals surface area contributed by atoms with E-state index in [1.165, 1.54) is 26.0 Å². The summed E-state index contributed by atoms with van der Waals surface area (Å²) in [6.07, 6.45) is -0.281. The predicted octanol–water partition coefficient (Wildman–Crippen LogP) is 5.64. The standard InChI is InChI=1S/C22H29F3N2O4S2/c1-11(2)14-7-13(31-21(24)25)8-15(12(3)4)16(14)9-19(28)27-33(26,30)20-17(23)10-18(32-20)22(5,6)29/h7-8,10-12,21,29H,9H2,1-6H3,(H2,26,27,28,30). The van der Waals surface area contributed by atoms with Gasteiger partial charge < -0.3 is 9.84 Å². The molecule has 0 fully saturated rings. The van der Waals surface area contributed by atoms with Crippen LogP contribution in [-0.2, 0) is 26.7 Å². The van der Waals surface area contributed by atoms with Gasteiger partial charge in [0.05, 0.1) is 12.0 Å². The Morgan fingerprint density at radius 1 is 1.18 bits per heavy atom. The van der Waals surface area contributed by atoms with Crippen LogP contribution < -0.4 is 9.46 Å². The molecule has 0 saturated heterocycles. The maximum absolute atomic E-state index is 14.4. The molecule has 0 aliphatic carbocycles. The second kappa shape index (κ2) is 10.0. The van der Waals surface area contributed by atoms with E-state index in [0.29, 0.717) is 28.0 Å². The molecular formula is C22H29F3N2O4S2. The lowest BCUT2D eigenvalue weighted by atomic mass is 9.86. The summed E-state index contributed by atoms with van der Waals surface area (Å²) >= 11 is 0.655. The fraction of sp³-hybridized carbons (Fsp3) is 0.500. The van der Waals surface area contributed by atoms with E-state index in [-0.39, 0.29) is 28.9 Å². The quantitative estimate of drug-likeness (QED) is 0.410. The van der Waals surface area contributed by atoms with Crippen molar-refractivity contribution < 1.29 is 32.0 Å². The average molecular weight is 507 g/mol. The van der Waals surface area contributed by atoms with Crippen molar-refractivity contribution in [1.82, 2.24) is 4.72 Å². The van der Waals surface area contributed by atoms with Crippen LogP contribution in [0.2, 0.25) is 0 Å². The van der Waals surface area contributed by atoms with Gasteiger partial charge in [-0.25, -0.2) is 13.4 Å². The van der Waals surface area contributed by atoms with Crippen LogP contribution in [0, 0.1) is 10.6 Å². The van der Waals surface area contributed by atoms with E-state index >= 15 is 0 Å². The summed E-state index contributed by atoms with van der Waals surface area (Å²) in [5.41, 5.74) is 0.368. The zero-order chi connectivity index (χ0) is 25.3. The molecule has 0 bridgehead atoms. The van der Waals surface area contributed by atoms with E-state index < -0.39 is 38.1 Å². The summed E-state index contributed by atoms with van der Waals surface area (Å²) in [5.74, 6) is -2.03. The first kappa shape index (κ1) is 27.1. The van der Waals surface area contributed by atoms with E-state index in [9.17, 15) is 27.3 Å². The Bertz CT molecular complexity index is 1090. The third kappa shape index (κ3) is 6.70. The van der Waals surface area contributed by atoms with Gasteiger partial charge in [-0.1, -0.05) is 27.7 Å². The van der Waals surface area contributed by atoms with E-state index in [1.54, 1.807) is 0 Å². The summed E-state index contributed by atoms with van der Waals surface area (Å²) in [5, 5.41) is 10.1. The lowest BCUT2D eigenvalue weighted by Crippen LogP contribution is -2.31. The molecule has 0 aliphatic heterocycles. The maximum Gasteiger partial charge on any atom is 0.387 e. The smallest absolute Gasteiger partial charge is 0.387 e. The first-order valence-corrected chi connectivity index (χ1v) is 12.6. The fourth-order valence-electron chi connectivity index (χ4n) is 3.35. The van der Waals surface area contributed by atoms with E-state index in [4.69, 9.17) is 4.78 Å². The normalized spacial score (nSPS) is 14.1. The molecule has 3 N–H and O–H groups in total. The number of hydrogen-bond donors (Lipinski definition) is 3. The lowest BCUT2D eigenvalue weighted by Gasteiger charge is -2.21. The number of benzene rings is 1. The number of amides is 1. The number of aliphatic hydroxyl groups is 1. The van der Waals surface area contributed by atoms with Gasteiger partial charge in [-0.3, -0.25) is 9.52 Å². The molecule has 1 heterocycles. The number of carbonyl (C=O) groups excluding carboxylic acids is 1. The minimum Gasteiger partial charge on any atom is -0.435 e. The SMILES string of the molecule is CC(C)c1cc(OC(F)F)cc(C(C)C)c1CC(=O)NS(=N)(=O)c1sc(C(C)(C)O)cc1F. The van der Waals surface area contributed by atoms with Crippen LogP contribution in [0.5, 0.6) is 5.75 Å². The van der Waals surface area contributed by atoms with Crippen LogP contribution >= 0.6 is 11.3 Å². The molecule has 0 aliphatic rings. The molecule has 184 valence electrons. The van der Waals surface area contributed by atoms with Gasteiger partial charge in [0, 0.05) is 4.88 Å². The highest BCUT2D eigenvalue weighted by atomic mass is 32.2. The number of ether oxygens (including phenoxy) is 1. The molecule has 0 spiro atoms. The molecule has 2 rings (SSSR count). The van der Waals surface area contributed by atoms with Gasteiger partial charge in [0.15, 0.2) is 19.9 Å². The van der Waals surface area contributed by atoms with Crippen LogP contribution in [0.1, 0.15) is 74.9 Å². The average Bonchev–Trinajstić information content (AvgIpc) is 3.04. The van der Waals surface area contributed by atoms with Crippen LogP contribution in [0.3, 0.4) is 0 Å². The van der Waals surface area contributed by atoms with Crippen molar-refractivity contribution in [2.75, 3.05) is 0 Å². The molecule has 1 aromatic heterocycles. The van der Waals surface area contributed by atoms with Crippen molar-refractivity contribution in [2.45, 2.75) is 76.2 Å². The summed E-state index contributed by atoms with van der Waals surface area (Å²) in [6.45, 7) is 7.18. The van der Waals surface area contributed by atoms with Gasteiger partial charge >= 0.3 is 6.61 Å². The van der Waals surface area contributed by atoms with Gasteiger partial charge in [-0.05, 0) is 60.6 Å². The molecular weight excluding hydrogens is 477 g/mol. The van der Waals surface area contributed by atoms with Gasteiger partial charge in [0.25, 0.3) is 0 Å². The molecule has 1 atom stereocenters. The van der Waals surface area contributed by atoms with Crippen LogP contribution in [0.25, 0.3) is 0 Å². The number of thiophene rings is 1. The first-order chi connectivity index (χ1) is 15.0. The van der Waals surface area contributed by atoms with Gasteiger partial charge in [0.1, 0.15) is 5.75 Å². The topological polar surface area (TPSA) is 99.5 Å². The third-order valence-corrected chi connectivity index (χ3v) is 8.28. The highest BCUT2D eigenvalue weighted by Gasteiger charge is 2.28. The number of halogens is 3. The monoisotopic (exact) mass is 506 g/mol. The Kier molecular flexibility index (Phi) is 8.24. The fourth-order valence-corrected chi connectivity index (χ4v) is 5.80. The highest BCUT2D eigenvalue weighted by molar-refractivity contribution is 7.93. The van der Waals surface area contributed by atoms with Crippen molar-refractivity contribution in [2.24, 2.45) is 0 Å². The van der Waals surface area contributed by atoms with Crippen LogP contribution in [0.4, 0.5) is 13.2 Å². The van der Waals surface area contributed by atoms with Crippen molar-refractivity contribution in [3.05, 3.63) is 45.6 Å². The van der Waals surface area contributed by atoms with Crippen LogP contribution in [0.15, 0.2) is 22.4 Å². The Morgan fingerprint density at radius 2 is 1.70 bits per heavy atom. The molecule has 1 amide bonds. The minimum atomic E-state index is -4.03. The summed E-state index contributed by atoms with van der Waals surface area (Å²) < 4.78 is 67.1. The van der Waals surface area contributed by atoms with Gasteiger partial charge in [-0.2, -0.15) is 8.78 Å². The van der Waals surface area contributed by atoms with Crippen molar-refractivity contribution >= 4 is 27.2 Å². The molecule has 33 heavy (non-hydrogen) atoms. The molecule has 0 saturated carbocycles. The zero-order valence-corrected chi connectivity index (χ0v) is 20.9. The van der Waals surface area contributed by atoms with Gasteiger partial charge in [-0.15, -0.1) is 11.3 Å². The number of alkyl halides is 2. The van der Waals surface area contributed by atoms with Crippen molar-refractivity contribution in [1.29, 1.82) is 4.78 Å². The van der Waals surface area contributed by atoms with E-state index in [2.05, 4.69) is 9.46 Å². The Labute approximate surface area is 196 Å². The Hall–Kier alpha value is -2.11. The molecule has 1 unspecified atom stereocenters. The summed E-state index contributed by atoms with van der Waals surface area (Å²) in [7, 11) is -4.03. The number of nitrogens with one attached hydrogen (secondary N) is 2. The van der Waals surface area contributed by atoms with Crippen molar-refractivity contribution in [3.8, 4) is 5.75 Å². The second-order valence-corrected chi connectivity index (χ2v) is 11.9. The molecule has 1 aromatic carbocycles. The van der Waals surface area contributed by atoms with E-state index in [1.807, 2.05) is 27.7 Å².